The summed E-state index contributed by atoms with van der Waals surface area (Å²) in [7, 11) is 0. The molecule has 0 saturated carbocycles. The predicted octanol–water partition coefficient (Wildman–Crippen LogP) is 5.33. The van der Waals surface area contributed by atoms with Crippen molar-refractivity contribution in [2.24, 2.45) is 0 Å². The van der Waals surface area contributed by atoms with Crippen LogP contribution < -0.4 is 14.8 Å². The summed E-state index contributed by atoms with van der Waals surface area (Å²) in [6.45, 7) is 0.791. The van der Waals surface area contributed by atoms with Gasteiger partial charge in [0.15, 0.2) is 11.5 Å². The highest BCUT2D eigenvalue weighted by Gasteiger charge is 2.21. The van der Waals surface area contributed by atoms with Crippen LogP contribution in [0.25, 0.3) is 0 Å². The minimum atomic E-state index is -0.478. The number of ether oxygens (including phenoxy) is 2. The number of hydrogen-bond donors (Lipinski definition) is 1. The number of benzene rings is 3. The molecule has 1 N–H and O–H groups in total. The number of carbonyl (C=O) groups is 1. The zero-order chi connectivity index (χ0) is 22.5. The van der Waals surface area contributed by atoms with Crippen LogP contribution in [0.4, 0.5) is 5.69 Å². The van der Waals surface area contributed by atoms with E-state index >= 15 is 0 Å². The number of carbonyl (C=O) groups excluding carboxylic acids is 1. The number of nitro groups is 1. The topological polar surface area (TPSA) is 90.7 Å². The van der Waals surface area contributed by atoms with Gasteiger partial charge in [-0.05, 0) is 63.7 Å². The third-order valence-electron chi connectivity index (χ3n) is 5.11. The van der Waals surface area contributed by atoms with Gasteiger partial charge in [-0.3, -0.25) is 14.9 Å². The van der Waals surface area contributed by atoms with Gasteiger partial charge in [-0.2, -0.15) is 0 Å². The second-order valence-corrected chi connectivity index (χ2v) is 8.29. The highest BCUT2D eigenvalue weighted by Crippen LogP contribution is 2.42. The van der Waals surface area contributed by atoms with E-state index in [1.807, 2.05) is 36.4 Å². The second-order valence-electron chi connectivity index (χ2n) is 7.44. The lowest BCUT2D eigenvalue weighted by Gasteiger charge is -2.17. The first-order valence-electron chi connectivity index (χ1n) is 10.2. The summed E-state index contributed by atoms with van der Waals surface area (Å²) in [4.78, 5) is 23.4. The Bertz CT molecular complexity index is 1150. The summed E-state index contributed by atoms with van der Waals surface area (Å²) in [5.74, 6) is 0.845. The van der Waals surface area contributed by atoms with E-state index in [2.05, 4.69) is 21.2 Å². The fourth-order valence-corrected chi connectivity index (χ4v) is 4.07. The molecule has 0 aromatic heterocycles. The van der Waals surface area contributed by atoms with Crippen LogP contribution in [0, 0.1) is 10.1 Å². The first kappa shape index (κ1) is 21.8. The number of nitro benzene ring substituents is 1. The lowest BCUT2D eigenvalue weighted by Crippen LogP contribution is -2.26. The summed E-state index contributed by atoms with van der Waals surface area (Å²) in [5.41, 5.74) is 2.42. The Balaban J connectivity index is 1.74. The van der Waals surface area contributed by atoms with Crippen molar-refractivity contribution in [3.8, 4) is 17.2 Å². The Morgan fingerprint density at radius 1 is 1.00 bits per heavy atom. The number of amides is 1. The summed E-state index contributed by atoms with van der Waals surface area (Å²) >= 11 is 3.55. The van der Waals surface area contributed by atoms with Crippen molar-refractivity contribution < 1.29 is 19.2 Å². The van der Waals surface area contributed by atoms with E-state index in [-0.39, 0.29) is 23.8 Å². The zero-order valence-electron chi connectivity index (χ0n) is 17.2. The molecular formula is C24H21BrN2O5. The van der Waals surface area contributed by atoms with E-state index in [0.717, 1.165) is 11.1 Å². The third-order valence-corrected chi connectivity index (χ3v) is 5.70. The van der Waals surface area contributed by atoms with Crippen LogP contribution in [-0.4, -0.2) is 17.4 Å². The standard InChI is InChI=1S/C24H21BrN2O5/c25-19-12-18-10-11-26-23(28)9-7-16-6-8-21(20(13-16)27(29)30)32-22(14-18)24(19)31-15-17-4-2-1-3-5-17/h1-6,8,12-14H,7,9-11,15H2,(H,26,28). The van der Waals surface area contributed by atoms with Gasteiger partial charge >= 0.3 is 5.69 Å². The summed E-state index contributed by atoms with van der Waals surface area (Å²) in [5, 5.41) is 14.6. The van der Waals surface area contributed by atoms with Crippen molar-refractivity contribution >= 4 is 27.5 Å². The molecule has 7 nitrogen and oxygen atoms in total. The van der Waals surface area contributed by atoms with Crippen LogP contribution in [0.5, 0.6) is 17.2 Å². The molecule has 0 saturated heterocycles. The zero-order valence-corrected chi connectivity index (χ0v) is 18.8. The summed E-state index contributed by atoms with van der Waals surface area (Å²) < 4.78 is 12.8. The smallest absolute Gasteiger partial charge is 0.311 e. The van der Waals surface area contributed by atoms with Gasteiger partial charge < -0.3 is 14.8 Å². The monoisotopic (exact) mass is 496 g/mol. The van der Waals surface area contributed by atoms with Crippen molar-refractivity contribution in [1.82, 2.24) is 5.32 Å². The highest BCUT2D eigenvalue weighted by atomic mass is 79.9. The molecule has 8 heteroatoms. The maximum absolute atomic E-state index is 12.1. The van der Waals surface area contributed by atoms with Gasteiger partial charge in [0.1, 0.15) is 6.61 Å². The molecule has 2 heterocycles. The molecule has 0 aliphatic carbocycles. The average molecular weight is 497 g/mol. The largest absolute Gasteiger partial charge is 0.484 e. The van der Waals surface area contributed by atoms with Gasteiger partial charge in [-0.25, -0.2) is 0 Å². The molecule has 0 unspecified atom stereocenters. The quantitative estimate of drug-likeness (QED) is 0.389. The lowest BCUT2D eigenvalue weighted by molar-refractivity contribution is -0.385. The molecule has 0 fully saturated rings. The number of halogens is 1. The van der Waals surface area contributed by atoms with E-state index in [1.165, 1.54) is 6.07 Å². The minimum absolute atomic E-state index is 0.0906. The van der Waals surface area contributed by atoms with E-state index in [0.29, 0.717) is 47.5 Å². The molecule has 164 valence electrons. The number of rotatable bonds is 4. The van der Waals surface area contributed by atoms with Crippen molar-refractivity contribution in [2.45, 2.75) is 25.9 Å². The first-order valence-corrected chi connectivity index (χ1v) is 11.0. The molecule has 1 amide bonds. The van der Waals surface area contributed by atoms with Crippen LogP contribution in [-0.2, 0) is 24.2 Å². The summed E-state index contributed by atoms with van der Waals surface area (Å²) in [6.07, 6.45) is 1.26. The van der Waals surface area contributed by atoms with Crippen LogP contribution >= 0.6 is 15.9 Å². The first-order chi connectivity index (χ1) is 15.5. The second kappa shape index (κ2) is 9.82. The van der Waals surface area contributed by atoms with Crippen LogP contribution in [0.3, 0.4) is 0 Å². The van der Waals surface area contributed by atoms with E-state index in [9.17, 15) is 14.9 Å². The fourth-order valence-electron chi connectivity index (χ4n) is 3.47. The Kier molecular flexibility index (Phi) is 6.70. The van der Waals surface area contributed by atoms with Crippen LogP contribution in [0.1, 0.15) is 23.1 Å². The van der Waals surface area contributed by atoms with Crippen molar-refractivity contribution in [1.29, 1.82) is 0 Å². The number of nitrogens with zero attached hydrogens (tertiary/aromatic N) is 1. The third kappa shape index (κ3) is 5.26. The number of nitrogens with one attached hydrogen (secondary N) is 1. The average Bonchev–Trinajstić information content (AvgIpc) is 2.78. The number of aryl methyl sites for hydroxylation is 1. The molecule has 3 aromatic rings. The predicted molar refractivity (Wildman–Crippen MR) is 123 cm³/mol. The Hall–Kier alpha value is -3.39. The Morgan fingerprint density at radius 2 is 1.81 bits per heavy atom. The molecule has 4 bridgehead atoms. The summed E-state index contributed by atoms with van der Waals surface area (Å²) in [6, 6.07) is 18.2. The van der Waals surface area contributed by atoms with Crippen LogP contribution in [0.2, 0.25) is 0 Å². The van der Waals surface area contributed by atoms with Gasteiger partial charge in [-0.15, -0.1) is 0 Å². The van der Waals surface area contributed by atoms with E-state index < -0.39 is 4.92 Å². The Labute approximate surface area is 193 Å². The van der Waals surface area contributed by atoms with Gasteiger partial charge in [0.25, 0.3) is 0 Å². The molecule has 32 heavy (non-hydrogen) atoms. The highest BCUT2D eigenvalue weighted by molar-refractivity contribution is 9.10. The maximum Gasteiger partial charge on any atom is 0.311 e. The molecule has 0 atom stereocenters. The van der Waals surface area contributed by atoms with Crippen LogP contribution in [0.15, 0.2) is 65.1 Å². The normalized spacial score (nSPS) is 13.6. The van der Waals surface area contributed by atoms with Crippen molar-refractivity contribution in [3.05, 3.63) is 91.9 Å². The molecule has 2 aliphatic rings. The van der Waals surface area contributed by atoms with Crippen molar-refractivity contribution in [2.75, 3.05) is 6.54 Å². The van der Waals surface area contributed by atoms with Crippen molar-refractivity contribution in [3.63, 3.8) is 0 Å². The molecule has 2 aliphatic heterocycles. The van der Waals surface area contributed by atoms with Gasteiger partial charge in [0, 0.05) is 19.0 Å². The molecule has 0 spiro atoms. The molecule has 0 radical (unpaired) electrons. The number of hydrogen-bond acceptors (Lipinski definition) is 5. The van der Waals surface area contributed by atoms with Gasteiger partial charge in [0.05, 0.1) is 9.40 Å². The molecule has 5 rings (SSSR count). The Morgan fingerprint density at radius 3 is 2.59 bits per heavy atom. The van der Waals surface area contributed by atoms with Gasteiger partial charge in [-0.1, -0.05) is 36.4 Å². The molecule has 3 aromatic carbocycles. The van der Waals surface area contributed by atoms with E-state index in [4.69, 9.17) is 9.47 Å². The van der Waals surface area contributed by atoms with E-state index in [1.54, 1.807) is 18.2 Å². The lowest BCUT2D eigenvalue weighted by atomic mass is 10.1. The SMILES string of the molecule is O=C1CCc2ccc(c([N+](=O)[O-])c2)Oc2cc(cc(Br)c2OCc2ccccc2)CCN1. The van der Waals surface area contributed by atoms with Gasteiger partial charge in [0.2, 0.25) is 11.7 Å². The fraction of sp³-hybridized carbons (Fsp3) is 0.208. The maximum atomic E-state index is 12.1. The number of fused-ring (bicyclic) bond motifs is 7. The molecular weight excluding hydrogens is 476 g/mol. The minimum Gasteiger partial charge on any atom is -0.484 e.